The molecule has 4 spiro atoms. The van der Waals surface area contributed by atoms with E-state index in [2.05, 4.69) is 19.2 Å². The molecule has 4 saturated carbocycles. The van der Waals surface area contributed by atoms with Crippen LogP contribution in [0.1, 0.15) is 53.4 Å². The molecule has 4 aliphatic carbocycles. The number of hydrogen-bond acceptors (Lipinski definition) is 7. The van der Waals surface area contributed by atoms with Gasteiger partial charge in [-0.25, -0.2) is 0 Å². The predicted molar refractivity (Wildman–Crippen MR) is 104 cm³/mol. The Bertz CT molecular complexity index is 868. The summed E-state index contributed by atoms with van der Waals surface area (Å²) in [5.74, 6) is -2.55. The lowest BCUT2D eigenvalue weighted by molar-refractivity contribution is -0.534. The largest absolute Gasteiger partial charge is 0.392 e. The van der Waals surface area contributed by atoms with Crippen LogP contribution in [0.2, 0.25) is 0 Å². The molecule has 0 aromatic rings. The molecule has 166 valence electrons. The van der Waals surface area contributed by atoms with Crippen LogP contribution in [0.5, 0.6) is 0 Å². The molecule has 0 aromatic carbocycles. The fourth-order valence-corrected chi connectivity index (χ4v) is 9.65. The van der Waals surface area contributed by atoms with Crippen molar-refractivity contribution in [2.75, 3.05) is 13.2 Å². The van der Waals surface area contributed by atoms with Gasteiger partial charge in [0, 0.05) is 23.8 Å². The van der Waals surface area contributed by atoms with E-state index in [9.17, 15) is 15.0 Å². The number of carbonyl (C=O) groups excluding carboxylic acids is 1. The molecule has 0 radical (unpaired) electrons. The minimum Gasteiger partial charge on any atom is -0.392 e. The van der Waals surface area contributed by atoms with E-state index in [1.54, 1.807) is 0 Å². The lowest BCUT2D eigenvalue weighted by atomic mass is 9.35. The van der Waals surface area contributed by atoms with Crippen molar-refractivity contribution in [1.29, 1.82) is 0 Å². The summed E-state index contributed by atoms with van der Waals surface area (Å²) in [4.78, 5) is 14.3. The molecule has 7 nitrogen and oxygen atoms in total. The number of rotatable bonds is 0. The van der Waals surface area contributed by atoms with Gasteiger partial charge in [0.15, 0.2) is 11.6 Å². The highest BCUT2D eigenvalue weighted by atomic mass is 16.8. The number of ketones is 1. The van der Waals surface area contributed by atoms with Crippen LogP contribution in [0, 0.1) is 34.0 Å². The van der Waals surface area contributed by atoms with Crippen molar-refractivity contribution in [3.8, 4) is 0 Å². The molecule has 0 aromatic heterocycles. The molecule has 8 aliphatic rings. The first-order valence-electron chi connectivity index (χ1n) is 11.7. The maximum absolute atomic E-state index is 14.3. The lowest BCUT2D eigenvalue weighted by Gasteiger charge is -2.77. The second-order valence-electron chi connectivity index (χ2n) is 12.3. The Morgan fingerprint density at radius 1 is 1.10 bits per heavy atom. The number of carbonyl (C=O) groups is 1. The first kappa shape index (κ1) is 18.9. The standard InChI is InChI=1S/C23H33NO6/c1-18(2)8-7-13(25)20-10-28-23(15(26)14(18)20)22-12(20)6-5-11(21(9-24-21)17(22)27)16(22)29-19(3,4)30-23/h11-16,24-26H,5-10H2,1-4H3/t11-,12?,13+,14?,15+,16-,20-,21?,22-,23+/m1/s1. The van der Waals surface area contributed by atoms with E-state index in [-0.39, 0.29) is 35.1 Å². The van der Waals surface area contributed by atoms with Gasteiger partial charge in [-0.15, -0.1) is 0 Å². The Morgan fingerprint density at radius 2 is 1.83 bits per heavy atom. The third-order valence-corrected chi connectivity index (χ3v) is 10.5. The fraction of sp³-hybridized carbons (Fsp3) is 0.957. The van der Waals surface area contributed by atoms with Gasteiger partial charge in [-0.05, 0) is 50.9 Å². The van der Waals surface area contributed by atoms with Crippen molar-refractivity contribution in [2.45, 2.75) is 88.8 Å². The Balaban J connectivity index is 1.55. The summed E-state index contributed by atoms with van der Waals surface area (Å²) in [6.45, 7) is 9.08. The molecule has 0 amide bonds. The van der Waals surface area contributed by atoms with E-state index in [1.807, 2.05) is 13.8 Å². The zero-order valence-electron chi connectivity index (χ0n) is 18.2. The molecule has 4 heterocycles. The SMILES string of the molecule is CC1(C)O[C@@H]2[C@H]3CCC4[C@@]56CO[C@](O1)([C@@H](O)C5C(C)(C)CC[C@@H]6O)[C@]42C(=O)C31CN1. The number of Topliss-reactive ketones (excluding diaryl/α,β-unsaturated/α-hetero) is 1. The van der Waals surface area contributed by atoms with Crippen LogP contribution in [0.25, 0.3) is 0 Å². The van der Waals surface area contributed by atoms with Crippen molar-refractivity contribution in [1.82, 2.24) is 5.32 Å². The molecule has 8 fully saturated rings. The Morgan fingerprint density at radius 3 is 2.53 bits per heavy atom. The Labute approximate surface area is 176 Å². The zero-order valence-corrected chi connectivity index (χ0v) is 18.2. The molecular weight excluding hydrogens is 386 g/mol. The van der Waals surface area contributed by atoms with E-state index >= 15 is 0 Å². The molecular formula is C23H33NO6. The maximum Gasteiger partial charge on any atom is 0.213 e. The molecule has 7 heteroatoms. The van der Waals surface area contributed by atoms with Gasteiger partial charge in [0.2, 0.25) is 5.79 Å². The summed E-state index contributed by atoms with van der Waals surface area (Å²) in [6.07, 6.45) is 1.26. The lowest BCUT2D eigenvalue weighted by Crippen LogP contribution is -2.88. The number of fused-ring (bicyclic) bond motifs is 2. The number of aliphatic hydroxyl groups is 2. The summed E-state index contributed by atoms with van der Waals surface area (Å²) in [6, 6.07) is 0. The van der Waals surface area contributed by atoms with Gasteiger partial charge in [-0.2, -0.15) is 0 Å². The number of nitrogens with one attached hydrogen (secondary N) is 1. The van der Waals surface area contributed by atoms with Crippen LogP contribution in [0.3, 0.4) is 0 Å². The highest BCUT2D eigenvalue weighted by Gasteiger charge is 2.93. The van der Waals surface area contributed by atoms with Crippen LogP contribution in [0.4, 0.5) is 0 Å². The van der Waals surface area contributed by atoms with Crippen molar-refractivity contribution in [2.24, 2.45) is 34.0 Å². The first-order valence-corrected chi connectivity index (χ1v) is 11.7. The topological polar surface area (TPSA) is 107 Å². The summed E-state index contributed by atoms with van der Waals surface area (Å²) >= 11 is 0. The molecule has 4 aliphatic heterocycles. The molecule has 3 unspecified atom stereocenters. The highest BCUT2D eigenvalue weighted by molar-refractivity contribution is 6.02. The highest BCUT2D eigenvalue weighted by Crippen LogP contribution is 2.80. The minimum atomic E-state index is -1.42. The van der Waals surface area contributed by atoms with Gasteiger partial charge in [0.05, 0.1) is 24.4 Å². The van der Waals surface area contributed by atoms with Crippen molar-refractivity contribution in [3.05, 3.63) is 0 Å². The molecule has 30 heavy (non-hydrogen) atoms. The number of aliphatic hydroxyl groups excluding tert-OH is 2. The summed E-state index contributed by atoms with van der Waals surface area (Å²) < 4.78 is 19.6. The van der Waals surface area contributed by atoms with E-state index in [4.69, 9.17) is 14.2 Å². The van der Waals surface area contributed by atoms with E-state index in [0.717, 1.165) is 19.3 Å². The smallest absolute Gasteiger partial charge is 0.213 e. The van der Waals surface area contributed by atoms with Crippen LogP contribution in [0.15, 0.2) is 0 Å². The molecule has 10 atom stereocenters. The van der Waals surface area contributed by atoms with Gasteiger partial charge in [0.1, 0.15) is 11.5 Å². The monoisotopic (exact) mass is 419 g/mol. The van der Waals surface area contributed by atoms with Crippen molar-refractivity contribution < 1.29 is 29.2 Å². The van der Waals surface area contributed by atoms with Gasteiger partial charge in [-0.1, -0.05) is 13.8 Å². The van der Waals surface area contributed by atoms with Crippen molar-refractivity contribution >= 4 is 5.78 Å². The average Bonchev–Trinajstić information content (AvgIpc) is 3.45. The van der Waals surface area contributed by atoms with E-state index in [1.165, 1.54) is 0 Å². The van der Waals surface area contributed by atoms with Gasteiger partial charge < -0.3 is 29.7 Å². The second kappa shape index (κ2) is 4.85. The number of ether oxygens (including phenoxy) is 3. The number of hydrogen-bond donors (Lipinski definition) is 3. The molecule has 4 saturated heterocycles. The molecule has 8 rings (SSSR count). The minimum absolute atomic E-state index is 0.0556. The van der Waals surface area contributed by atoms with Gasteiger partial charge >= 0.3 is 0 Å². The molecule has 4 bridgehead atoms. The van der Waals surface area contributed by atoms with Crippen molar-refractivity contribution in [3.63, 3.8) is 0 Å². The second-order valence-corrected chi connectivity index (χ2v) is 12.3. The summed E-state index contributed by atoms with van der Waals surface area (Å²) in [7, 11) is 0. The van der Waals surface area contributed by atoms with Crippen LogP contribution < -0.4 is 5.32 Å². The third-order valence-electron chi connectivity index (χ3n) is 10.5. The normalized spacial score (nSPS) is 63.5. The molecule has 3 N–H and O–H groups in total. The third kappa shape index (κ3) is 1.57. The van der Waals surface area contributed by atoms with E-state index < -0.39 is 40.2 Å². The van der Waals surface area contributed by atoms with Crippen LogP contribution in [-0.2, 0) is 19.0 Å². The Kier molecular flexibility index (Phi) is 3.06. The quantitative estimate of drug-likeness (QED) is 0.502. The van der Waals surface area contributed by atoms with Gasteiger partial charge in [-0.3, -0.25) is 4.79 Å². The first-order chi connectivity index (χ1) is 14.0. The predicted octanol–water partition coefficient (Wildman–Crippen LogP) is 0.960. The average molecular weight is 420 g/mol. The van der Waals surface area contributed by atoms with Crippen LogP contribution >= 0.6 is 0 Å². The summed E-state index contributed by atoms with van der Waals surface area (Å²) in [5, 5.41) is 26.9. The summed E-state index contributed by atoms with van der Waals surface area (Å²) in [5.41, 5.74) is -2.50. The zero-order chi connectivity index (χ0) is 21.1. The Hall–Kier alpha value is -0.570. The van der Waals surface area contributed by atoms with Gasteiger partial charge in [0.25, 0.3) is 0 Å². The maximum atomic E-state index is 14.3. The van der Waals surface area contributed by atoms with E-state index in [0.29, 0.717) is 19.6 Å². The van der Waals surface area contributed by atoms with Crippen LogP contribution in [-0.4, -0.2) is 64.6 Å². The fourth-order valence-electron chi connectivity index (χ4n) is 9.65.